The van der Waals surface area contributed by atoms with E-state index in [0.717, 1.165) is 67.9 Å². The molecule has 1 fully saturated rings. The van der Waals surface area contributed by atoms with Crippen LogP contribution in [0.15, 0.2) is 79.7 Å². The zero-order valence-electron chi connectivity index (χ0n) is 26.3. The van der Waals surface area contributed by atoms with E-state index < -0.39 is 5.92 Å². The van der Waals surface area contributed by atoms with Gasteiger partial charge in [0.25, 0.3) is 5.92 Å². The Labute approximate surface area is 266 Å². The van der Waals surface area contributed by atoms with Crippen molar-refractivity contribution in [2.75, 3.05) is 45.6 Å². The Balaban J connectivity index is 1.30. The lowest BCUT2D eigenvalue weighted by Crippen LogP contribution is -2.24. The van der Waals surface area contributed by atoms with E-state index in [4.69, 9.17) is 0 Å². The molecule has 7 nitrogen and oxygen atoms in total. The Morgan fingerprint density at radius 2 is 1.96 bits per heavy atom. The molecule has 0 bridgehead atoms. The number of hydrogen-bond acceptors (Lipinski definition) is 5. The fourth-order valence-electron chi connectivity index (χ4n) is 6.03. The Morgan fingerprint density at radius 1 is 1.11 bits per heavy atom. The Kier molecular flexibility index (Phi) is 8.84. The van der Waals surface area contributed by atoms with Crippen LogP contribution in [0.2, 0.25) is 0 Å². The number of fused-ring (bicyclic) bond motifs is 1. The van der Waals surface area contributed by atoms with Crippen LogP contribution in [0.3, 0.4) is 0 Å². The molecule has 0 saturated carbocycles. The van der Waals surface area contributed by atoms with Gasteiger partial charge >= 0.3 is 0 Å². The summed E-state index contributed by atoms with van der Waals surface area (Å²) in [6, 6.07) is 15.1. The maximum Gasteiger partial charge on any atom is 0.261 e. The van der Waals surface area contributed by atoms with Gasteiger partial charge < -0.3 is 15.2 Å². The van der Waals surface area contributed by atoms with Gasteiger partial charge in [0.05, 0.1) is 17.8 Å². The molecule has 6 rings (SSSR count). The molecule has 238 valence electrons. The number of nitrogens with one attached hydrogen (secondary N) is 3. The van der Waals surface area contributed by atoms with E-state index in [9.17, 15) is 13.2 Å². The number of rotatable bonds is 11. The number of benzene rings is 2. The molecule has 0 atom stereocenters. The second-order valence-electron chi connectivity index (χ2n) is 12.2. The minimum Gasteiger partial charge on any atom is -0.384 e. The second kappa shape index (κ2) is 13.0. The van der Waals surface area contributed by atoms with E-state index >= 15 is 0 Å². The lowest BCUT2D eigenvalue weighted by Gasteiger charge is -2.15. The summed E-state index contributed by atoms with van der Waals surface area (Å²) in [5, 5.41) is 12.0. The van der Waals surface area contributed by atoms with Crippen molar-refractivity contribution < 1.29 is 13.2 Å². The highest BCUT2D eigenvalue weighted by molar-refractivity contribution is 5.96. The van der Waals surface area contributed by atoms with Crippen molar-refractivity contribution in [2.45, 2.75) is 25.8 Å². The van der Waals surface area contributed by atoms with Crippen molar-refractivity contribution in [3.63, 3.8) is 0 Å². The number of nitrogens with zero attached hydrogens (tertiary/aromatic N) is 4. The smallest absolute Gasteiger partial charge is 0.261 e. The fourth-order valence-corrected chi connectivity index (χ4v) is 6.03. The van der Waals surface area contributed by atoms with Crippen LogP contribution in [0, 0.1) is 12.7 Å². The van der Waals surface area contributed by atoms with E-state index in [1.54, 1.807) is 23.4 Å². The monoisotopic (exact) mass is 625 g/mol. The first-order chi connectivity index (χ1) is 22.1. The normalized spacial score (nSPS) is 15.2. The van der Waals surface area contributed by atoms with E-state index in [1.807, 2.05) is 57.4 Å². The number of likely N-dealkylation sites (N-methyl/N-ethyl adjacent to an activating group) is 1. The van der Waals surface area contributed by atoms with Gasteiger partial charge in [-0.15, -0.1) is 0 Å². The number of aromatic amines is 2. The molecule has 0 spiro atoms. The number of anilines is 1. The number of H-pyrrole nitrogens is 2. The van der Waals surface area contributed by atoms with Gasteiger partial charge in [-0.3, -0.25) is 15.0 Å². The Hall–Kier alpha value is -4.67. The third-order valence-corrected chi connectivity index (χ3v) is 8.29. The Morgan fingerprint density at radius 3 is 2.72 bits per heavy atom. The second-order valence-corrected chi connectivity index (χ2v) is 12.2. The van der Waals surface area contributed by atoms with E-state index in [1.165, 1.54) is 12.1 Å². The lowest BCUT2D eigenvalue weighted by molar-refractivity contribution is 0.0115. The van der Waals surface area contributed by atoms with Crippen LogP contribution >= 0.6 is 0 Å². The summed E-state index contributed by atoms with van der Waals surface area (Å²) >= 11 is 0. The maximum absolute atomic E-state index is 14.8. The fraction of sp³-hybridized carbons (Fsp3) is 0.278. The van der Waals surface area contributed by atoms with Crippen molar-refractivity contribution >= 4 is 22.2 Å². The SMILES string of the molecule is C=C/C=C(/c1cc(F)cc(NCCN(C)C)c1)c1cc(-c2n[nH]c3ccc(-c4cncc(CN5CCC(F)(F)C5)c4)cc23)[nH]c1C. The first kappa shape index (κ1) is 31.3. The average Bonchev–Trinajstić information content (AvgIpc) is 3.70. The molecule has 2 aromatic carbocycles. The number of alkyl halides is 2. The molecule has 46 heavy (non-hydrogen) atoms. The minimum absolute atomic E-state index is 0.109. The molecule has 4 heterocycles. The Bertz CT molecular complexity index is 1900. The van der Waals surface area contributed by atoms with Crippen LogP contribution in [0.1, 0.15) is 28.8 Å². The van der Waals surface area contributed by atoms with Crippen LogP contribution in [0.4, 0.5) is 18.9 Å². The maximum atomic E-state index is 14.8. The summed E-state index contributed by atoms with van der Waals surface area (Å²) in [6.45, 7) is 7.99. The highest BCUT2D eigenvalue weighted by Gasteiger charge is 2.37. The van der Waals surface area contributed by atoms with Gasteiger partial charge in [-0.25, -0.2) is 13.2 Å². The number of likely N-dealkylation sites (tertiary alicyclic amines) is 1. The first-order valence-electron chi connectivity index (χ1n) is 15.3. The van der Waals surface area contributed by atoms with Gasteiger partial charge in [-0.05, 0) is 85.7 Å². The van der Waals surface area contributed by atoms with Crippen LogP contribution in [-0.2, 0) is 6.54 Å². The predicted molar refractivity (Wildman–Crippen MR) is 179 cm³/mol. The van der Waals surface area contributed by atoms with Crippen molar-refractivity contribution in [2.24, 2.45) is 0 Å². The molecule has 0 unspecified atom stereocenters. The molecule has 1 aliphatic rings. The summed E-state index contributed by atoms with van der Waals surface area (Å²) < 4.78 is 42.3. The van der Waals surface area contributed by atoms with Crippen molar-refractivity contribution in [1.29, 1.82) is 0 Å². The molecule has 0 amide bonds. The predicted octanol–water partition coefficient (Wildman–Crippen LogP) is 7.50. The standard InChI is InChI=1S/C36H38F3N7/c1-5-6-30(26-14-28(37)17-29(15-26)41-10-12-45(3)4)31-18-34(42-23(31)2)35-32-16-25(7-8-33(32)43-44-35)27-13-24(19-40-20-27)21-46-11-9-36(38,39)22-46/h5-8,13-20,41-42H,1,9-12,21-22H2,2-4H3,(H,43,44)/b30-6-. The van der Waals surface area contributed by atoms with Crippen molar-refractivity contribution in [3.8, 4) is 22.5 Å². The summed E-state index contributed by atoms with van der Waals surface area (Å²) in [5.41, 5.74) is 9.28. The molecule has 0 aliphatic carbocycles. The molecule has 5 aromatic rings. The van der Waals surface area contributed by atoms with E-state index in [-0.39, 0.29) is 18.8 Å². The van der Waals surface area contributed by atoms with Gasteiger partial charge in [-0.2, -0.15) is 5.10 Å². The molecule has 1 aliphatic heterocycles. The minimum atomic E-state index is -2.63. The molecule has 10 heteroatoms. The molecule has 3 N–H and O–H groups in total. The number of allylic oxidation sites excluding steroid dienone is 2. The molecule has 3 aromatic heterocycles. The zero-order valence-corrected chi connectivity index (χ0v) is 26.3. The van der Waals surface area contributed by atoms with Crippen LogP contribution < -0.4 is 5.32 Å². The zero-order chi connectivity index (χ0) is 32.4. The van der Waals surface area contributed by atoms with Gasteiger partial charge in [0.1, 0.15) is 11.5 Å². The quantitative estimate of drug-likeness (QED) is 0.133. The van der Waals surface area contributed by atoms with Crippen LogP contribution in [0.5, 0.6) is 0 Å². The molecular formula is C36H38F3N7. The summed E-state index contributed by atoms with van der Waals surface area (Å²) in [4.78, 5) is 11.7. The third-order valence-electron chi connectivity index (χ3n) is 8.29. The summed E-state index contributed by atoms with van der Waals surface area (Å²) in [6.07, 6.45) is 7.01. The molecular weight excluding hydrogens is 587 g/mol. The highest BCUT2D eigenvalue weighted by Crippen LogP contribution is 2.35. The first-order valence-corrected chi connectivity index (χ1v) is 15.3. The number of aryl methyl sites for hydroxylation is 1. The molecule has 1 saturated heterocycles. The van der Waals surface area contributed by atoms with E-state index in [0.29, 0.717) is 25.3 Å². The van der Waals surface area contributed by atoms with Gasteiger partial charge in [-0.1, -0.05) is 24.8 Å². The lowest BCUT2D eigenvalue weighted by atomic mass is 9.96. The number of hydrogen-bond donors (Lipinski definition) is 3. The average molecular weight is 626 g/mol. The molecule has 0 radical (unpaired) electrons. The summed E-state index contributed by atoms with van der Waals surface area (Å²) in [7, 11) is 4.00. The van der Waals surface area contributed by atoms with Crippen LogP contribution in [-0.4, -0.2) is 76.2 Å². The highest BCUT2D eigenvalue weighted by atomic mass is 19.3. The third kappa shape index (κ3) is 6.93. The number of halogens is 3. The topological polar surface area (TPSA) is 75.9 Å². The van der Waals surface area contributed by atoms with Crippen molar-refractivity contribution in [3.05, 3.63) is 108 Å². The van der Waals surface area contributed by atoms with E-state index in [2.05, 4.69) is 43.0 Å². The summed E-state index contributed by atoms with van der Waals surface area (Å²) in [5.74, 6) is -2.95. The van der Waals surface area contributed by atoms with Gasteiger partial charge in [0.15, 0.2) is 0 Å². The van der Waals surface area contributed by atoms with Crippen LogP contribution in [0.25, 0.3) is 39.0 Å². The van der Waals surface area contributed by atoms with Crippen molar-refractivity contribution in [1.82, 2.24) is 30.0 Å². The number of pyridine rings is 1. The van der Waals surface area contributed by atoms with Gasteiger partial charge in [0, 0.05) is 72.9 Å². The number of aromatic nitrogens is 4. The largest absolute Gasteiger partial charge is 0.384 e. The van der Waals surface area contributed by atoms with Gasteiger partial charge in [0.2, 0.25) is 0 Å².